The van der Waals surface area contributed by atoms with Crippen LogP contribution < -0.4 is 0 Å². The van der Waals surface area contributed by atoms with Crippen molar-refractivity contribution in [1.29, 1.82) is 0 Å². The molecule has 1 N–H and O–H groups in total. The number of aliphatic hydroxyl groups excluding tert-OH is 1. The topological polar surface area (TPSA) is 20.2 Å². The third-order valence-electron chi connectivity index (χ3n) is 2.12. The normalized spacial score (nSPS) is 11.1. The third-order valence-corrected chi connectivity index (χ3v) is 4.23. The first-order valence-electron chi connectivity index (χ1n) is 4.13. The van der Waals surface area contributed by atoms with Crippen LogP contribution in [0.2, 0.25) is 0 Å². The van der Waals surface area contributed by atoms with E-state index in [0.717, 1.165) is 20.3 Å². The molecule has 74 valence electrons. The van der Waals surface area contributed by atoms with Crippen LogP contribution >= 0.6 is 38.9 Å². The molecule has 14 heavy (non-hydrogen) atoms. The second kappa shape index (κ2) is 4.19. The zero-order valence-electron chi connectivity index (χ0n) is 7.26. The largest absolute Gasteiger partial charge is 0.392 e. The van der Waals surface area contributed by atoms with Gasteiger partial charge in [0.2, 0.25) is 0 Å². The lowest BCUT2D eigenvalue weighted by molar-refractivity contribution is 0.283. The first kappa shape index (κ1) is 10.4. The lowest BCUT2D eigenvalue weighted by atomic mass is 10.1. The molecule has 1 aromatic heterocycles. The Morgan fingerprint density at radius 3 is 2.86 bits per heavy atom. The maximum Gasteiger partial charge on any atom is 0.0699 e. The van der Waals surface area contributed by atoms with Crippen molar-refractivity contribution in [3.05, 3.63) is 33.1 Å². The van der Waals surface area contributed by atoms with E-state index in [0.29, 0.717) is 5.88 Å². The van der Waals surface area contributed by atoms with Crippen molar-refractivity contribution >= 4 is 49.0 Å². The van der Waals surface area contributed by atoms with Gasteiger partial charge in [0, 0.05) is 19.6 Å². The van der Waals surface area contributed by atoms with Crippen LogP contribution in [0.3, 0.4) is 0 Å². The third kappa shape index (κ3) is 1.70. The minimum atomic E-state index is 0.0592. The monoisotopic (exact) mass is 290 g/mol. The van der Waals surface area contributed by atoms with Gasteiger partial charge in [0.25, 0.3) is 0 Å². The van der Waals surface area contributed by atoms with Crippen LogP contribution in [0.5, 0.6) is 0 Å². The molecule has 0 radical (unpaired) electrons. The molecule has 0 amide bonds. The van der Waals surface area contributed by atoms with Gasteiger partial charge in [-0.2, -0.15) is 0 Å². The number of benzene rings is 1. The van der Waals surface area contributed by atoms with E-state index in [1.54, 1.807) is 11.3 Å². The Hall–Kier alpha value is -0.0900. The number of hydrogen-bond acceptors (Lipinski definition) is 2. The van der Waals surface area contributed by atoms with Crippen LogP contribution in [0.25, 0.3) is 10.1 Å². The Morgan fingerprint density at radius 1 is 1.43 bits per heavy atom. The van der Waals surface area contributed by atoms with Gasteiger partial charge in [-0.05, 0) is 17.5 Å². The van der Waals surface area contributed by atoms with Crippen LogP contribution in [-0.4, -0.2) is 5.11 Å². The summed E-state index contributed by atoms with van der Waals surface area (Å²) in [4.78, 5) is 1.06. The molecule has 0 aliphatic heterocycles. The average Bonchev–Trinajstić information content (AvgIpc) is 2.54. The highest BCUT2D eigenvalue weighted by atomic mass is 79.9. The van der Waals surface area contributed by atoms with Gasteiger partial charge in [-0.25, -0.2) is 0 Å². The molecule has 1 heterocycles. The van der Waals surface area contributed by atoms with E-state index in [2.05, 4.69) is 22.0 Å². The van der Waals surface area contributed by atoms with Gasteiger partial charge in [-0.1, -0.05) is 22.0 Å². The molecule has 4 heteroatoms. The molecular formula is C10H8BrClOS. The SMILES string of the molecule is OCc1c(CCl)sc2cc(Br)ccc12. The smallest absolute Gasteiger partial charge is 0.0699 e. The predicted molar refractivity (Wildman–Crippen MR) is 65.0 cm³/mol. The van der Waals surface area contributed by atoms with E-state index >= 15 is 0 Å². The zero-order valence-corrected chi connectivity index (χ0v) is 10.4. The van der Waals surface area contributed by atoms with Crippen molar-refractivity contribution < 1.29 is 5.11 Å². The van der Waals surface area contributed by atoms with E-state index < -0.39 is 0 Å². The highest BCUT2D eigenvalue weighted by Gasteiger charge is 2.10. The van der Waals surface area contributed by atoms with E-state index in [1.807, 2.05) is 12.1 Å². The number of fused-ring (bicyclic) bond motifs is 1. The molecule has 0 aliphatic rings. The first-order valence-corrected chi connectivity index (χ1v) is 6.27. The van der Waals surface area contributed by atoms with Crippen LogP contribution in [0.15, 0.2) is 22.7 Å². The summed E-state index contributed by atoms with van der Waals surface area (Å²) in [5.74, 6) is 0.465. The second-order valence-electron chi connectivity index (χ2n) is 2.94. The number of hydrogen-bond donors (Lipinski definition) is 1. The van der Waals surface area contributed by atoms with Gasteiger partial charge in [0.1, 0.15) is 0 Å². The summed E-state index contributed by atoms with van der Waals surface area (Å²) in [5.41, 5.74) is 0.965. The number of alkyl halides is 1. The first-order chi connectivity index (χ1) is 6.76. The highest BCUT2D eigenvalue weighted by Crippen LogP contribution is 2.34. The molecular weight excluding hydrogens is 284 g/mol. The fourth-order valence-corrected chi connectivity index (χ4v) is 3.40. The van der Waals surface area contributed by atoms with Gasteiger partial charge < -0.3 is 5.11 Å². The maximum absolute atomic E-state index is 9.24. The summed E-state index contributed by atoms with van der Waals surface area (Å²) >= 11 is 10.9. The summed E-state index contributed by atoms with van der Waals surface area (Å²) in [6.45, 7) is 0.0592. The number of halogens is 2. The molecule has 1 aromatic carbocycles. The van der Waals surface area contributed by atoms with Gasteiger partial charge in [0.05, 0.1) is 12.5 Å². The van der Waals surface area contributed by atoms with E-state index in [1.165, 1.54) is 4.70 Å². The molecule has 0 unspecified atom stereocenters. The number of rotatable bonds is 2. The summed E-state index contributed by atoms with van der Waals surface area (Å²) in [6, 6.07) is 6.04. The summed E-state index contributed by atoms with van der Waals surface area (Å²) < 4.78 is 2.22. The Labute approximate surface area is 99.4 Å². The predicted octanol–water partition coefficient (Wildman–Crippen LogP) is 3.89. The molecule has 1 nitrogen and oxygen atoms in total. The zero-order chi connectivity index (χ0) is 10.1. The molecule has 0 fully saturated rings. The average molecular weight is 292 g/mol. The van der Waals surface area contributed by atoms with E-state index in [4.69, 9.17) is 11.6 Å². The highest BCUT2D eigenvalue weighted by molar-refractivity contribution is 9.10. The molecule has 0 spiro atoms. The Balaban J connectivity index is 2.73. The van der Waals surface area contributed by atoms with E-state index in [9.17, 15) is 5.11 Å². The molecule has 0 bridgehead atoms. The van der Waals surface area contributed by atoms with Gasteiger partial charge in [-0.15, -0.1) is 22.9 Å². The van der Waals surface area contributed by atoms with Crippen molar-refractivity contribution in [2.24, 2.45) is 0 Å². The van der Waals surface area contributed by atoms with Crippen molar-refractivity contribution in [1.82, 2.24) is 0 Å². The molecule has 2 aromatic rings. The summed E-state index contributed by atoms with van der Waals surface area (Å²) in [6.07, 6.45) is 0. The number of aliphatic hydroxyl groups is 1. The Kier molecular flexibility index (Phi) is 3.12. The van der Waals surface area contributed by atoms with Crippen molar-refractivity contribution in [3.63, 3.8) is 0 Å². The van der Waals surface area contributed by atoms with Gasteiger partial charge in [-0.3, -0.25) is 0 Å². The minimum Gasteiger partial charge on any atom is -0.392 e. The molecule has 0 saturated heterocycles. The standard InChI is InChI=1S/C10H8BrClOS/c11-6-1-2-7-8(5-13)10(4-12)14-9(7)3-6/h1-3,13H,4-5H2. The molecule has 0 atom stereocenters. The fourth-order valence-electron chi connectivity index (χ4n) is 1.46. The van der Waals surface area contributed by atoms with Crippen LogP contribution in [-0.2, 0) is 12.5 Å². The van der Waals surface area contributed by atoms with Crippen LogP contribution in [0.4, 0.5) is 0 Å². The summed E-state index contributed by atoms with van der Waals surface area (Å²) in [7, 11) is 0. The fraction of sp³-hybridized carbons (Fsp3) is 0.200. The van der Waals surface area contributed by atoms with Crippen molar-refractivity contribution in [3.8, 4) is 0 Å². The number of thiophene rings is 1. The van der Waals surface area contributed by atoms with Crippen molar-refractivity contribution in [2.75, 3.05) is 0 Å². The molecule has 0 aliphatic carbocycles. The lowest BCUT2D eigenvalue weighted by Crippen LogP contribution is -1.84. The van der Waals surface area contributed by atoms with Crippen molar-refractivity contribution in [2.45, 2.75) is 12.5 Å². The quantitative estimate of drug-likeness (QED) is 0.832. The van der Waals surface area contributed by atoms with E-state index in [-0.39, 0.29) is 6.61 Å². The molecule has 2 rings (SSSR count). The van der Waals surface area contributed by atoms with Crippen LogP contribution in [0, 0.1) is 0 Å². The van der Waals surface area contributed by atoms with Gasteiger partial charge in [0.15, 0.2) is 0 Å². The Morgan fingerprint density at radius 2 is 2.21 bits per heavy atom. The maximum atomic E-state index is 9.24. The van der Waals surface area contributed by atoms with Crippen LogP contribution in [0.1, 0.15) is 10.4 Å². The minimum absolute atomic E-state index is 0.0592. The lowest BCUT2D eigenvalue weighted by Gasteiger charge is -1.96. The Bertz CT molecular complexity index is 466. The van der Waals surface area contributed by atoms with Gasteiger partial charge >= 0.3 is 0 Å². The molecule has 0 saturated carbocycles. The summed E-state index contributed by atoms with van der Waals surface area (Å²) in [5, 5.41) is 10.3. The second-order valence-corrected chi connectivity index (χ2v) is 5.26.